The fourth-order valence-corrected chi connectivity index (χ4v) is 11.0. The molecule has 12 aromatic rings. The Hall–Kier alpha value is -11.1. The first-order chi connectivity index (χ1) is 46.2. The van der Waals surface area contributed by atoms with Crippen molar-refractivity contribution in [3.8, 4) is 34.1 Å². The van der Waals surface area contributed by atoms with Crippen LogP contribution >= 0.6 is 0 Å². The van der Waals surface area contributed by atoms with Crippen LogP contribution in [-0.4, -0.2) is 51.2 Å². The van der Waals surface area contributed by atoms with E-state index < -0.39 is 132 Å². The van der Waals surface area contributed by atoms with Gasteiger partial charge in [0.25, 0.3) is 20.2 Å². The molecule has 0 unspecified atom stereocenters. The van der Waals surface area contributed by atoms with E-state index in [-0.39, 0.29) is 21.5 Å². The first kappa shape index (κ1) is 70.2. The molecule has 0 saturated heterocycles. The lowest BCUT2D eigenvalue weighted by molar-refractivity contribution is 0.362. The number of benzene rings is 12. The lowest BCUT2D eigenvalue weighted by Gasteiger charge is -2.26. The second-order valence-electron chi connectivity index (χ2n) is 20.3. The maximum Gasteiger partial charge on any atom is 0.425 e. The molecule has 97 heavy (non-hydrogen) atoms. The van der Waals surface area contributed by atoms with Gasteiger partial charge in [-0.25, -0.2) is 17.6 Å². The number of nitrogens with zero attached hydrogens (tertiary/aromatic N) is 2. The number of anilines is 6. The maximum absolute atomic E-state index is 15.4. The van der Waals surface area contributed by atoms with E-state index in [1.807, 2.05) is 0 Å². The van der Waals surface area contributed by atoms with Crippen LogP contribution in [0.15, 0.2) is 252 Å². The Morgan fingerprint density at radius 3 is 0.979 bits per heavy atom. The van der Waals surface area contributed by atoms with Crippen LogP contribution in [0.5, 0.6) is 23.0 Å². The van der Waals surface area contributed by atoms with Crippen molar-refractivity contribution >= 4 is 97.1 Å². The van der Waals surface area contributed by atoms with Gasteiger partial charge in [-0.3, -0.25) is 9.11 Å². The highest BCUT2D eigenvalue weighted by Gasteiger charge is 2.36. The van der Waals surface area contributed by atoms with E-state index in [2.05, 4.69) is 180 Å². The molecule has 16 nitrogen and oxygen atoms in total. The SMILES string of the molecule is O=S(=O)(O)c1ccc2c(Oc3c(F)c(F)c(-c4c(F)c(F)c(Oc5cc(S(=O)(=O)O)cc6ccccc56)c(F)c4F)c(F)c3F)cccc2c1.O=S(=O)=O.O=S(=O)=O.c1ccc(N(c2ccccc2)c2ccc(Cc3ccc(N(c4ccccc4)c4ccccc4)cc3)cc2)cc1. The highest BCUT2D eigenvalue weighted by atomic mass is 32.2. The van der Waals surface area contributed by atoms with E-state index in [0.29, 0.717) is 6.07 Å². The van der Waals surface area contributed by atoms with Crippen molar-refractivity contribution in [1.29, 1.82) is 0 Å². The molecule has 0 atom stereocenters. The Labute approximate surface area is 550 Å². The number of ether oxygens (including phenoxy) is 2. The third-order valence-electron chi connectivity index (χ3n) is 14.2. The van der Waals surface area contributed by atoms with Gasteiger partial charge in [0.2, 0.25) is 34.8 Å². The van der Waals surface area contributed by atoms with Crippen LogP contribution in [0.4, 0.5) is 69.2 Å². The Morgan fingerprint density at radius 1 is 0.320 bits per heavy atom. The molecule has 0 aliphatic carbocycles. The third-order valence-corrected chi connectivity index (χ3v) is 15.9. The van der Waals surface area contributed by atoms with Gasteiger partial charge in [-0.1, -0.05) is 133 Å². The molecule has 12 aromatic carbocycles. The van der Waals surface area contributed by atoms with E-state index in [0.717, 1.165) is 70.9 Å². The van der Waals surface area contributed by atoms with Gasteiger partial charge in [-0.05, 0) is 131 Å². The van der Waals surface area contributed by atoms with Gasteiger partial charge in [-0.2, -0.15) is 34.4 Å². The van der Waals surface area contributed by atoms with Crippen molar-refractivity contribution in [3.63, 3.8) is 0 Å². The van der Waals surface area contributed by atoms with Crippen LogP contribution in [0.3, 0.4) is 0 Å². The summed E-state index contributed by atoms with van der Waals surface area (Å²) in [6, 6.07) is 73.0. The standard InChI is InChI=1S/C37H30N2.C32H14F8O8S2.2O3S/c1-5-13-32(14-6-1)38(33-15-7-2-8-16-33)36-25-21-30(22-26-36)29-31-23-27-37(28-24-31)39(34-17-9-3-10-18-34)35-19-11-4-12-20-35;33-23-21(24(34)28(38)31(27(23)37)47-19-7-3-5-14-10-15(49(41,42)43)8-9-18(14)19)22-25(35)29(39)32(30(40)26(22)36)48-20-12-16(50(44,45)46)11-13-4-1-2-6-17(13)20;2*1-4(2)3/h1-28H,29H2;1-12H,(H,41,42,43)(H,44,45,46);;. The second-order valence-corrected chi connectivity index (χ2v) is 23.9. The highest BCUT2D eigenvalue weighted by molar-refractivity contribution is 7.86. The zero-order valence-electron chi connectivity index (χ0n) is 49.1. The second kappa shape index (κ2) is 30.5. The number of fused-ring (bicyclic) bond motifs is 2. The van der Waals surface area contributed by atoms with E-state index in [1.165, 1.54) is 47.5 Å². The molecule has 12 rings (SSSR count). The predicted octanol–water partition coefficient (Wildman–Crippen LogP) is 17.1. The molecule has 0 amide bonds. The number of rotatable bonds is 15. The Morgan fingerprint density at radius 2 is 0.619 bits per heavy atom. The summed E-state index contributed by atoms with van der Waals surface area (Å²) < 4.78 is 248. The smallest absolute Gasteiger partial charge is 0.425 e. The minimum atomic E-state index is -4.96. The fourth-order valence-electron chi connectivity index (χ4n) is 9.99. The molecule has 0 bridgehead atoms. The number of halogens is 8. The van der Waals surface area contributed by atoms with Crippen LogP contribution < -0.4 is 19.3 Å². The molecule has 28 heteroatoms. The van der Waals surface area contributed by atoms with Crippen LogP contribution in [0.25, 0.3) is 32.7 Å². The van der Waals surface area contributed by atoms with E-state index in [9.17, 15) is 25.9 Å². The van der Waals surface area contributed by atoms with Gasteiger partial charge in [0, 0.05) is 51.0 Å². The van der Waals surface area contributed by atoms with Gasteiger partial charge < -0.3 is 19.3 Å². The highest BCUT2D eigenvalue weighted by Crippen LogP contribution is 2.46. The van der Waals surface area contributed by atoms with Crippen molar-refractivity contribution in [2.75, 3.05) is 9.80 Å². The Kier molecular flexibility index (Phi) is 22.1. The molecule has 0 fully saturated rings. The van der Waals surface area contributed by atoms with Crippen molar-refractivity contribution in [1.82, 2.24) is 0 Å². The predicted molar refractivity (Wildman–Crippen MR) is 344 cm³/mol. The summed E-state index contributed by atoms with van der Waals surface area (Å²) >= 11 is 0. The van der Waals surface area contributed by atoms with E-state index in [4.69, 9.17) is 34.7 Å². The fraction of sp³-hybridized carbons (Fsp3) is 0.0145. The Balaban J connectivity index is 0.000000209. The molecule has 0 aliphatic rings. The largest absolute Gasteiger partial charge is 0.450 e. The minimum Gasteiger partial charge on any atom is -0.450 e. The lowest BCUT2D eigenvalue weighted by atomic mass is 10.0. The quantitative estimate of drug-likeness (QED) is 0.0551. The molecule has 2 N–H and O–H groups in total. The zero-order valence-corrected chi connectivity index (χ0v) is 52.4. The summed E-state index contributed by atoms with van der Waals surface area (Å²) in [7, 11) is -15.9. The molecule has 0 spiro atoms. The normalized spacial score (nSPS) is 11.0. The summed E-state index contributed by atoms with van der Waals surface area (Å²) in [6.45, 7) is 0. The summed E-state index contributed by atoms with van der Waals surface area (Å²) in [4.78, 5) is 3.15. The number of hydrogen-bond donors (Lipinski definition) is 2. The van der Waals surface area contributed by atoms with Gasteiger partial charge in [-0.15, -0.1) is 25.3 Å². The van der Waals surface area contributed by atoms with E-state index in [1.54, 1.807) is 0 Å². The lowest BCUT2D eigenvalue weighted by Crippen LogP contribution is -2.10. The Bertz CT molecular complexity index is 5080. The topological polar surface area (TPSA) is 236 Å². The summed E-state index contributed by atoms with van der Waals surface area (Å²) in [5.74, 6) is -25.0. The summed E-state index contributed by atoms with van der Waals surface area (Å²) in [5, 5.41) is -0.147. The summed E-state index contributed by atoms with van der Waals surface area (Å²) in [6.07, 6.45) is 0.883. The van der Waals surface area contributed by atoms with Crippen LogP contribution in [0, 0.1) is 46.5 Å². The van der Waals surface area contributed by atoms with Gasteiger partial charge >= 0.3 is 21.2 Å². The van der Waals surface area contributed by atoms with Crippen molar-refractivity contribution in [2.45, 2.75) is 16.2 Å². The van der Waals surface area contributed by atoms with Crippen LogP contribution in [0.1, 0.15) is 11.1 Å². The molecular weight excluding hydrogens is 1360 g/mol. The van der Waals surface area contributed by atoms with Crippen molar-refractivity contribution < 1.29 is 95.8 Å². The van der Waals surface area contributed by atoms with Gasteiger partial charge in [0.1, 0.15) is 11.5 Å². The molecular formula is C69H44F8N2O14S4. The minimum absolute atomic E-state index is 0.00566. The monoisotopic (exact) mass is 1400 g/mol. The van der Waals surface area contributed by atoms with Gasteiger partial charge in [0.05, 0.1) is 20.9 Å². The average Bonchev–Trinajstić information content (AvgIpc) is 0.742. The number of hydrogen-bond acceptors (Lipinski definition) is 14. The van der Waals surface area contributed by atoms with Crippen molar-refractivity contribution in [2.24, 2.45) is 0 Å². The number of para-hydroxylation sites is 4. The maximum atomic E-state index is 15.4. The van der Waals surface area contributed by atoms with Crippen molar-refractivity contribution in [3.05, 3.63) is 300 Å². The molecule has 0 heterocycles. The van der Waals surface area contributed by atoms with Crippen LogP contribution in [0.2, 0.25) is 0 Å². The molecule has 0 aromatic heterocycles. The molecule has 0 radical (unpaired) electrons. The van der Waals surface area contributed by atoms with Gasteiger partial charge in [0.15, 0.2) is 23.3 Å². The molecule has 0 saturated carbocycles. The molecule has 494 valence electrons. The summed E-state index contributed by atoms with van der Waals surface area (Å²) in [5.41, 5.74) is 5.00. The zero-order chi connectivity index (χ0) is 69.9. The van der Waals surface area contributed by atoms with Crippen LogP contribution in [-0.2, 0) is 47.9 Å². The third kappa shape index (κ3) is 16.7. The first-order valence-electron chi connectivity index (χ1n) is 27.8. The van der Waals surface area contributed by atoms with E-state index >= 15 is 35.1 Å². The first-order valence-corrected chi connectivity index (χ1v) is 32.7. The average molecular weight is 1410 g/mol. The molecule has 0 aliphatic heterocycles.